The van der Waals surface area contributed by atoms with Gasteiger partial charge in [0, 0.05) is 26.3 Å². The number of carbonyl (C=O) groups is 1. The van der Waals surface area contributed by atoms with Crippen molar-refractivity contribution in [1.82, 2.24) is 19.8 Å². The van der Waals surface area contributed by atoms with Gasteiger partial charge in [0.05, 0.1) is 12.6 Å². The summed E-state index contributed by atoms with van der Waals surface area (Å²) in [6, 6.07) is 5.76. The molecule has 0 saturated heterocycles. The number of nitrogens with one attached hydrogen (secondary N) is 2. The minimum Gasteiger partial charge on any atom is -0.355 e. The molecule has 7 nitrogen and oxygen atoms in total. The predicted octanol–water partition coefficient (Wildman–Crippen LogP) is 0.196. The van der Waals surface area contributed by atoms with Gasteiger partial charge in [0.1, 0.15) is 10.7 Å². The summed E-state index contributed by atoms with van der Waals surface area (Å²) < 4.78 is 40.5. The molecule has 124 valence electrons. The summed E-state index contributed by atoms with van der Waals surface area (Å²) in [5, 5.41) is 6.36. The maximum absolute atomic E-state index is 13.0. The van der Waals surface area contributed by atoms with Crippen LogP contribution in [0.1, 0.15) is 5.56 Å². The van der Waals surface area contributed by atoms with Gasteiger partial charge in [0.15, 0.2) is 0 Å². The van der Waals surface area contributed by atoms with E-state index in [1.54, 1.807) is 13.1 Å². The first kappa shape index (κ1) is 17.1. The molecule has 2 aromatic rings. The molecule has 0 radical (unpaired) electrons. The van der Waals surface area contributed by atoms with E-state index in [1.165, 1.54) is 35.3 Å². The fraction of sp³-hybridized carbons (Fsp3) is 0.286. The van der Waals surface area contributed by atoms with E-state index < -0.39 is 15.8 Å². The van der Waals surface area contributed by atoms with Crippen LogP contribution in [0.2, 0.25) is 0 Å². The molecule has 0 fully saturated rings. The molecular formula is C14H17FN4O3S. The van der Waals surface area contributed by atoms with Gasteiger partial charge in [-0.25, -0.2) is 17.5 Å². The molecule has 0 unspecified atom stereocenters. The van der Waals surface area contributed by atoms with Crippen molar-refractivity contribution in [3.8, 4) is 0 Å². The van der Waals surface area contributed by atoms with Crippen molar-refractivity contribution in [2.75, 3.05) is 13.1 Å². The summed E-state index contributed by atoms with van der Waals surface area (Å²) in [6.07, 6.45) is 2.66. The zero-order valence-electron chi connectivity index (χ0n) is 12.5. The Labute approximate surface area is 133 Å². The normalized spacial score (nSPS) is 11.4. The summed E-state index contributed by atoms with van der Waals surface area (Å²) in [5.41, 5.74) is 0.554. The quantitative estimate of drug-likeness (QED) is 0.704. The van der Waals surface area contributed by atoms with E-state index in [4.69, 9.17) is 0 Å². The highest BCUT2D eigenvalue weighted by atomic mass is 32.2. The molecule has 2 N–H and O–H groups in total. The molecule has 23 heavy (non-hydrogen) atoms. The van der Waals surface area contributed by atoms with Crippen molar-refractivity contribution >= 4 is 15.9 Å². The SMILES string of the molecule is Cn1cc(S(=O)(=O)NCCNC(=O)Cc2cccc(F)c2)cn1. The van der Waals surface area contributed by atoms with Crippen molar-refractivity contribution in [2.24, 2.45) is 7.05 Å². The molecule has 1 amide bonds. The molecule has 1 aromatic heterocycles. The predicted molar refractivity (Wildman–Crippen MR) is 81.5 cm³/mol. The lowest BCUT2D eigenvalue weighted by Gasteiger charge is -2.07. The van der Waals surface area contributed by atoms with Crippen LogP contribution >= 0.6 is 0 Å². The van der Waals surface area contributed by atoms with Gasteiger partial charge in [0.25, 0.3) is 0 Å². The van der Waals surface area contributed by atoms with Gasteiger partial charge >= 0.3 is 0 Å². The number of hydrogen-bond acceptors (Lipinski definition) is 4. The number of hydrogen-bond donors (Lipinski definition) is 2. The molecule has 0 aliphatic heterocycles. The highest BCUT2D eigenvalue weighted by Crippen LogP contribution is 2.05. The Hall–Kier alpha value is -2.26. The number of nitrogens with zero attached hydrogens (tertiary/aromatic N) is 2. The zero-order chi connectivity index (χ0) is 16.9. The maximum Gasteiger partial charge on any atom is 0.243 e. The van der Waals surface area contributed by atoms with Gasteiger partial charge in [-0.1, -0.05) is 12.1 Å². The van der Waals surface area contributed by atoms with Gasteiger partial charge in [-0.3, -0.25) is 9.48 Å². The van der Waals surface area contributed by atoms with E-state index in [1.807, 2.05) is 0 Å². The third kappa shape index (κ3) is 5.15. The first-order chi connectivity index (χ1) is 10.9. The average Bonchev–Trinajstić information content (AvgIpc) is 2.91. The smallest absolute Gasteiger partial charge is 0.243 e. The number of carbonyl (C=O) groups excluding carboxylic acids is 1. The molecule has 9 heteroatoms. The van der Waals surface area contributed by atoms with Crippen molar-refractivity contribution in [3.05, 3.63) is 48.0 Å². The van der Waals surface area contributed by atoms with Gasteiger partial charge in [-0.2, -0.15) is 5.10 Å². The third-order valence-electron chi connectivity index (χ3n) is 2.98. The van der Waals surface area contributed by atoms with E-state index in [2.05, 4.69) is 15.1 Å². The topological polar surface area (TPSA) is 93.1 Å². The Kier molecular flexibility index (Phi) is 5.45. The lowest BCUT2D eigenvalue weighted by atomic mass is 10.1. The number of aryl methyl sites for hydroxylation is 1. The highest BCUT2D eigenvalue weighted by Gasteiger charge is 2.15. The van der Waals surface area contributed by atoms with E-state index in [9.17, 15) is 17.6 Å². The van der Waals surface area contributed by atoms with E-state index in [-0.39, 0.29) is 30.3 Å². The fourth-order valence-electron chi connectivity index (χ4n) is 1.90. The molecule has 2 rings (SSSR count). The van der Waals surface area contributed by atoms with Crippen LogP contribution in [0.5, 0.6) is 0 Å². The summed E-state index contributed by atoms with van der Waals surface area (Å²) >= 11 is 0. The average molecular weight is 340 g/mol. The Bertz CT molecular complexity index is 789. The summed E-state index contributed by atoms with van der Waals surface area (Å²) in [4.78, 5) is 11.8. The maximum atomic E-state index is 13.0. The molecule has 0 saturated carbocycles. The largest absolute Gasteiger partial charge is 0.355 e. The summed E-state index contributed by atoms with van der Waals surface area (Å²) in [6.45, 7) is 0.180. The second-order valence-corrected chi connectivity index (χ2v) is 6.67. The van der Waals surface area contributed by atoms with Crippen molar-refractivity contribution in [1.29, 1.82) is 0 Å². The van der Waals surface area contributed by atoms with Crippen LogP contribution in [-0.2, 0) is 28.3 Å². The number of amides is 1. The Balaban J connectivity index is 1.76. The minimum atomic E-state index is -3.64. The summed E-state index contributed by atoms with van der Waals surface area (Å²) in [7, 11) is -2.02. The first-order valence-corrected chi connectivity index (χ1v) is 8.34. The third-order valence-corrected chi connectivity index (χ3v) is 4.40. The Morgan fingerprint density at radius 2 is 2.13 bits per heavy atom. The molecule has 0 spiro atoms. The number of rotatable bonds is 7. The lowest BCUT2D eigenvalue weighted by molar-refractivity contribution is -0.120. The lowest BCUT2D eigenvalue weighted by Crippen LogP contribution is -2.35. The van der Waals surface area contributed by atoms with Crippen LogP contribution in [0.3, 0.4) is 0 Å². The number of aromatic nitrogens is 2. The summed E-state index contributed by atoms with van der Waals surface area (Å²) in [5.74, 6) is -0.712. The van der Waals surface area contributed by atoms with E-state index in [0.29, 0.717) is 5.56 Å². The standard InChI is InChI=1S/C14H17FN4O3S/c1-19-10-13(9-17-19)23(21,22)18-6-5-16-14(20)8-11-3-2-4-12(15)7-11/h2-4,7,9-10,18H,5-6,8H2,1H3,(H,16,20). The molecule has 1 heterocycles. The van der Waals surface area contributed by atoms with Crippen LogP contribution < -0.4 is 10.0 Å². The Morgan fingerprint density at radius 3 is 2.78 bits per heavy atom. The van der Waals surface area contributed by atoms with Gasteiger partial charge in [0.2, 0.25) is 15.9 Å². The highest BCUT2D eigenvalue weighted by molar-refractivity contribution is 7.89. The Morgan fingerprint density at radius 1 is 1.35 bits per heavy atom. The monoisotopic (exact) mass is 340 g/mol. The number of sulfonamides is 1. The van der Waals surface area contributed by atoms with Gasteiger partial charge < -0.3 is 5.32 Å². The zero-order valence-corrected chi connectivity index (χ0v) is 13.3. The van der Waals surface area contributed by atoms with E-state index in [0.717, 1.165) is 0 Å². The van der Waals surface area contributed by atoms with Crippen LogP contribution in [0, 0.1) is 5.82 Å². The number of halogens is 1. The van der Waals surface area contributed by atoms with Gasteiger partial charge in [-0.15, -0.1) is 0 Å². The minimum absolute atomic E-state index is 0.0348. The van der Waals surface area contributed by atoms with Crippen molar-refractivity contribution < 1.29 is 17.6 Å². The number of benzene rings is 1. The molecule has 0 aliphatic rings. The second kappa shape index (κ2) is 7.34. The van der Waals surface area contributed by atoms with Crippen molar-refractivity contribution in [2.45, 2.75) is 11.3 Å². The van der Waals surface area contributed by atoms with E-state index >= 15 is 0 Å². The molecular weight excluding hydrogens is 323 g/mol. The molecule has 1 aromatic carbocycles. The van der Waals surface area contributed by atoms with Crippen LogP contribution in [0.15, 0.2) is 41.6 Å². The van der Waals surface area contributed by atoms with Crippen LogP contribution in [0.25, 0.3) is 0 Å². The molecule has 0 atom stereocenters. The second-order valence-electron chi connectivity index (χ2n) is 4.90. The first-order valence-electron chi connectivity index (χ1n) is 6.86. The van der Waals surface area contributed by atoms with Crippen LogP contribution in [-0.4, -0.2) is 37.2 Å². The molecule has 0 bridgehead atoms. The molecule has 0 aliphatic carbocycles. The van der Waals surface area contributed by atoms with Crippen molar-refractivity contribution in [3.63, 3.8) is 0 Å². The fourth-order valence-corrected chi connectivity index (χ4v) is 2.92. The van der Waals surface area contributed by atoms with Crippen LogP contribution in [0.4, 0.5) is 4.39 Å². The van der Waals surface area contributed by atoms with Gasteiger partial charge in [-0.05, 0) is 17.7 Å².